The number of hydrogen-bond acceptors (Lipinski definition) is 5. The van der Waals surface area contributed by atoms with Crippen LogP contribution in [0.2, 0.25) is 0 Å². The van der Waals surface area contributed by atoms with E-state index in [1.807, 2.05) is 4.90 Å². The van der Waals surface area contributed by atoms with E-state index in [1.54, 1.807) is 19.9 Å². The lowest BCUT2D eigenvalue weighted by Crippen LogP contribution is -2.34. The fourth-order valence-corrected chi connectivity index (χ4v) is 2.39. The predicted molar refractivity (Wildman–Crippen MR) is 72.6 cm³/mol. The molecule has 0 spiro atoms. The molecule has 0 aliphatic heterocycles. The summed E-state index contributed by atoms with van der Waals surface area (Å²) in [6, 6.07) is 1.88. The van der Waals surface area contributed by atoms with Gasteiger partial charge in [0.25, 0.3) is 11.6 Å². The smallest absolute Gasteiger partial charge is 0.392 e. The molecule has 1 unspecified atom stereocenters. The van der Waals surface area contributed by atoms with Crippen LogP contribution in [-0.2, 0) is 6.18 Å². The van der Waals surface area contributed by atoms with Gasteiger partial charge in [-0.05, 0) is 26.7 Å². The SMILES string of the molecule is Cc1cc(N(CC(C)O)C2CC2)n2nc(C(F)(F)F)nc2n1. The van der Waals surface area contributed by atoms with Crippen LogP contribution in [0.4, 0.5) is 19.0 Å². The summed E-state index contributed by atoms with van der Waals surface area (Å²) in [5.74, 6) is -0.813. The lowest BCUT2D eigenvalue weighted by Gasteiger charge is -2.26. The van der Waals surface area contributed by atoms with Crippen molar-refractivity contribution in [1.82, 2.24) is 19.6 Å². The van der Waals surface area contributed by atoms with Gasteiger partial charge < -0.3 is 10.0 Å². The van der Waals surface area contributed by atoms with Crippen LogP contribution in [0.1, 0.15) is 31.3 Å². The van der Waals surface area contributed by atoms with Gasteiger partial charge in [0.15, 0.2) is 0 Å². The van der Waals surface area contributed by atoms with Gasteiger partial charge in [-0.25, -0.2) is 4.98 Å². The molecular formula is C13H16F3N5O. The normalized spacial score (nSPS) is 17.0. The zero-order chi connectivity index (χ0) is 16.1. The Morgan fingerprint density at radius 3 is 2.64 bits per heavy atom. The van der Waals surface area contributed by atoms with E-state index < -0.39 is 18.1 Å². The summed E-state index contributed by atoms with van der Waals surface area (Å²) < 4.78 is 39.6. The molecule has 1 aliphatic rings. The van der Waals surface area contributed by atoms with Crippen LogP contribution in [0.15, 0.2) is 6.07 Å². The first-order valence-electron chi connectivity index (χ1n) is 7.02. The van der Waals surface area contributed by atoms with Crippen molar-refractivity contribution >= 4 is 11.6 Å². The van der Waals surface area contributed by atoms with Crippen molar-refractivity contribution in [3.8, 4) is 0 Å². The first-order chi connectivity index (χ1) is 10.3. The third-order valence-corrected chi connectivity index (χ3v) is 3.42. The summed E-state index contributed by atoms with van der Waals surface area (Å²) in [5.41, 5.74) is 0.555. The maximum Gasteiger partial charge on any atom is 0.453 e. The minimum Gasteiger partial charge on any atom is -0.392 e. The minimum atomic E-state index is -4.62. The average molecular weight is 315 g/mol. The van der Waals surface area contributed by atoms with E-state index in [1.165, 1.54) is 0 Å². The number of rotatable bonds is 4. The van der Waals surface area contributed by atoms with E-state index in [9.17, 15) is 18.3 Å². The van der Waals surface area contributed by atoms with Crippen molar-refractivity contribution in [2.45, 2.75) is 45.0 Å². The molecule has 3 rings (SSSR count). The maximum absolute atomic E-state index is 12.8. The van der Waals surface area contributed by atoms with Crippen molar-refractivity contribution in [1.29, 1.82) is 0 Å². The Bertz CT molecular complexity index is 693. The number of halogens is 3. The van der Waals surface area contributed by atoms with Crippen LogP contribution >= 0.6 is 0 Å². The van der Waals surface area contributed by atoms with Gasteiger partial charge in [0.1, 0.15) is 5.82 Å². The molecule has 1 atom stereocenters. The first kappa shape index (κ1) is 15.0. The number of fused-ring (bicyclic) bond motifs is 1. The number of aromatic nitrogens is 4. The quantitative estimate of drug-likeness (QED) is 0.932. The van der Waals surface area contributed by atoms with Gasteiger partial charge in [0.2, 0.25) is 0 Å². The van der Waals surface area contributed by atoms with Crippen molar-refractivity contribution < 1.29 is 18.3 Å². The lowest BCUT2D eigenvalue weighted by molar-refractivity contribution is -0.144. The number of alkyl halides is 3. The molecule has 1 saturated carbocycles. The van der Waals surface area contributed by atoms with Crippen molar-refractivity contribution in [2.75, 3.05) is 11.4 Å². The summed E-state index contributed by atoms with van der Waals surface area (Å²) in [5, 5.41) is 13.2. The number of aryl methyl sites for hydroxylation is 1. The molecule has 0 radical (unpaired) electrons. The third-order valence-electron chi connectivity index (χ3n) is 3.42. The molecule has 120 valence electrons. The molecular weight excluding hydrogens is 299 g/mol. The molecule has 22 heavy (non-hydrogen) atoms. The van der Waals surface area contributed by atoms with Crippen LogP contribution in [0.5, 0.6) is 0 Å². The molecule has 0 saturated heterocycles. The van der Waals surface area contributed by atoms with Crippen LogP contribution in [-0.4, -0.2) is 43.4 Å². The number of aliphatic hydroxyl groups is 1. The van der Waals surface area contributed by atoms with Gasteiger partial charge in [-0.2, -0.15) is 22.7 Å². The molecule has 0 bridgehead atoms. The van der Waals surface area contributed by atoms with E-state index in [0.29, 0.717) is 18.1 Å². The summed E-state index contributed by atoms with van der Waals surface area (Å²) >= 11 is 0. The largest absolute Gasteiger partial charge is 0.453 e. The highest BCUT2D eigenvalue weighted by molar-refractivity contribution is 5.49. The zero-order valence-electron chi connectivity index (χ0n) is 12.2. The predicted octanol–water partition coefficient (Wildman–Crippen LogP) is 1.80. The molecule has 0 amide bonds. The van der Waals surface area contributed by atoms with E-state index >= 15 is 0 Å². The van der Waals surface area contributed by atoms with E-state index in [-0.39, 0.29) is 11.8 Å². The molecule has 1 N–H and O–H groups in total. The summed E-state index contributed by atoms with van der Waals surface area (Å²) in [7, 11) is 0. The van der Waals surface area contributed by atoms with Gasteiger partial charge in [-0.1, -0.05) is 0 Å². The lowest BCUT2D eigenvalue weighted by atomic mass is 10.3. The Kier molecular flexibility index (Phi) is 3.47. The second-order valence-electron chi connectivity index (χ2n) is 5.63. The molecule has 0 aromatic carbocycles. The fraction of sp³-hybridized carbons (Fsp3) is 0.615. The van der Waals surface area contributed by atoms with Crippen LogP contribution < -0.4 is 4.90 Å². The Morgan fingerprint density at radius 1 is 1.41 bits per heavy atom. The Labute approximate surface area is 124 Å². The number of hydrogen-bond donors (Lipinski definition) is 1. The van der Waals surface area contributed by atoms with Gasteiger partial charge in [0, 0.05) is 24.3 Å². The molecule has 1 aliphatic carbocycles. The second kappa shape index (κ2) is 5.08. The summed E-state index contributed by atoms with van der Waals surface area (Å²) in [6.45, 7) is 3.66. The van der Waals surface area contributed by atoms with Crippen LogP contribution in [0, 0.1) is 6.92 Å². The molecule has 6 nitrogen and oxygen atoms in total. The van der Waals surface area contributed by atoms with Crippen molar-refractivity contribution in [3.63, 3.8) is 0 Å². The first-order valence-corrected chi connectivity index (χ1v) is 7.02. The van der Waals surface area contributed by atoms with Crippen LogP contribution in [0.3, 0.4) is 0 Å². The van der Waals surface area contributed by atoms with Gasteiger partial charge in [-0.3, -0.25) is 0 Å². The monoisotopic (exact) mass is 315 g/mol. The second-order valence-corrected chi connectivity index (χ2v) is 5.63. The highest BCUT2D eigenvalue weighted by atomic mass is 19.4. The number of aliphatic hydroxyl groups excluding tert-OH is 1. The maximum atomic E-state index is 12.8. The molecule has 9 heteroatoms. The fourth-order valence-electron chi connectivity index (χ4n) is 2.39. The van der Waals surface area contributed by atoms with E-state index in [4.69, 9.17) is 0 Å². The third kappa shape index (κ3) is 2.85. The number of nitrogens with zero attached hydrogens (tertiary/aromatic N) is 5. The van der Waals surface area contributed by atoms with Crippen LogP contribution in [0.25, 0.3) is 5.78 Å². The van der Waals surface area contributed by atoms with E-state index in [0.717, 1.165) is 17.4 Å². The Morgan fingerprint density at radius 2 is 2.09 bits per heavy atom. The van der Waals surface area contributed by atoms with E-state index in [2.05, 4.69) is 15.1 Å². The average Bonchev–Trinajstić information content (AvgIpc) is 3.12. The highest BCUT2D eigenvalue weighted by Crippen LogP contribution is 2.33. The zero-order valence-corrected chi connectivity index (χ0v) is 12.2. The Hall–Kier alpha value is -1.90. The van der Waals surface area contributed by atoms with Gasteiger partial charge in [0.05, 0.1) is 6.10 Å². The van der Waals surface area contributed by atoms with Crippen molar-refractivity contribution in [2.24, 2.45) is 0 Å². The topological polar surface area (TPSA) is 66.5 Å². The molecule has 1 fully saturated rings. The standard InChI is InChI=1S/C13H16F3N5O/c1-7-5-10(20(6-8(2)22)9-3-4-9)21-12(17-7)18-11(19-21)13(14,15)16/h5,8-9,22H,3-4,6H2,1-2H3. The highest BCUT2D eigenvalue weighted by Gasteiger charge is 2.38. The summed E-state index contributed by atoms with van der Waals surface area (Å²) in [4.78, 5) is 9.36. The summed E-state index contributed by atoms with van der Waals surface area (Å²) in [6.07, 6.45) is -3.34. The van der Waals surface area contributed by atoms with Crippen molar-refractivity contribution in [3.05, 3.63) is 17.6 Å². The molecule has 2 aromatic heterocycles. The Balaban J connectivity index is 2.12. The number of anilines is 1. The molecule has 2 heterocycles. The molecule has 2 aromatic rings. The van der Waals surface area contributed by atoms with Gasteiger partial charge in [-0.15, -0.1) is 5.10 Å². The van der Waals surface area contributed by atoms with Gasteiger partial charge >= 0.3 is 6.18 Å². The minimum absolute atomic E-state index is 0.0847.